The fourth-order valence-electron chi connectivity index (χ4n) is 3.60. The zero-order chi connectivity index (χ0) is 18.9. The smallest absolute Gasteiger partial charge is 0.193 e. The Balaban J connectivity index is 1.43. The van der Waals surface area contributed by atoms with Crippen molar-refractivity contribution in [2.75, 3.05) is 53.6 Å². The molecule has 1 aliphatic rings. The van der Waals surface area contributed by atoms with E-state index in [-0.39, 0.29) is 0 Å². The molecular formula is C22H31N3O2. The topological polar surface area (TPSA) is 46.1 Å². The van der Waals surface area contributed by atoms with Crippen LogP contribution in [0.3, 0.4) is 0 Å². The second kappa shape index (κ2) is 10.3. The van der Waals surface area contributed by atoms with Crippen molar-refractivity contribution >= 4 is 16.7 Å². The molecule has 1 atom stereocenters. The number of methoxy groups -OCH3 is 1. The number of likely N-dealkylation sites (tertiary alicyclic amines) is 1. The monoisotopic (exact) mass is 369 g/mol. The van der Waals surface area contributed by atoms with Gasteiger partial charge in [-0.15, -0.1) is 0 Å². The summed E-state index contributed by atoms with van der Waals surface area (Å²) >= 11 is 0. The number of ether oxygens (including phenoxy) is 2. The first kappa shape index (κ1) is 19.6. The molecule has 1 unspecified atom stereocenters. The third-order valence-electron chi connectivity index (χ3n) is 5.09. The summed E-state index contributed by atoms with van der Waals surface area (Å²) in [6, 6.07) is 15.2. The lowest BCUT2D eigenvalue weighted by molar-refractivity contribution is 0.0536. The Hall–Kier alpha value is -2.11. The quantitative estimate of drug-likeness (QED) is 0.441. The van der Waals surface area contributed by atoms with Crippen LogP contribution in [-0.2, 0) is 15.9 Å². The van der Waals surface area contributed by atoms with Crippen LogP contribution < -0.4 is 5.32 Å². The minimum Gasteiger partial charge on any atom is -0.382 e. The Bertz CT molecular complexity index is 747. The predicted molar refractivity (Wildman–Crippen MR) is 111 cm³/mol. The Morgan fingerprint density at radius 1 is 1.19 bits per heavy atom. The molecule has 1 saturated heterocycles. The van der Waals surface area contributed by atoms with E-state index >= 15 is 0 Å². The number of guanidine groups is 1. The van der Waals surface area contributed by atoms with Gasteiger partial charge >= 0.3 is 0 Å². The van der Waals surface area contributed by atoms with E-state index in [9.17, 15) is 0 Å². The molecule has 1 fully saturated rings. The largest absolute Gasteiger partial charge is 0.382 e. The highest BCUT2D eigenvalue weighted by Crippen LogP contribution is 2.17. The van der Waals surface area contributed by atoms with Crippen LogP contribution in [0.5, 0.6) is 0 Å². The maximum absolute atomic E-state index is 5.68. The first-order valence-corrected chi connectivity index (χ1v) is 9.80. The third kappa shape index (κ3) is 5.68. The first-order valence-electron chi connectivity index (χ1n) is 9.80. The lowest BCUT2D eigenvalue weighted by atomic mass is 10.1. The van der Waals surface area contributed by atoms with Crippen LogP contribution in [0.15, 0.2) is 47.5 Å². The van der Waals surface area contributed by atoms with Crippen LogP contribution in [-0.4, -0.2) is 64.5 Å². The molecule has 2 aromatic carbocycles. The number of fused-ring (bicyclic) bond motifs is 1. The number of aliphatic imine (C=N–C) groups is 1. The summed E-state index contributed by atoms with van der Waals surface area (Å²) in [4.78, 5) is 6.80. The number of hydrogen-bond donors (Lipinski definition) is 1. The minimum atomic E-state index is 0.570. The van der Waals surface area contributed by atoms with Gasteiger partial charge < -0.3 is 19.7 Å². The summed E-state index contributed by atoms with van der Waals surface area (Å²) in [5, 5.41) is 6.11. The normalized spacial score (nSPS) is 17.6. The predicted octanol–water partition coefficient (Wildman–Crippen LogP) is 2.94. The lowest BCUT2D eigenvalue weighted by Gasteiger charge is -2.21. The fraction of sp³-hybridized carbons (Fsp3) is 0.500. The van der Waals surface area contributed by atoms with Crippen LogP contribution in [0.2, 0.25) is 0 Å². The van der Waals surface area contributed by atoms with Gasteiger partial charge in [0.2, 0.25) is 0 Å². The number of hydrogen-bond acceptors (Lipinski definition) is 3. The number of rotatable bonds is 8. The summed E-state index contributed by atoms with van der Waals surface area (Å²) in [5.74, 6) is 1.57. The van der Waals surface area contributed by atoms with E-state index in [1.165, 1.54) is 16.3 Å². The van der Waals surface area contributed by atoms with Crippen molar-refractivity contribution in [3.63, 3.8) is 0 Å². The van der Waals surface area contributed by atoms with Gasteiger partial charge in [0.1, 0.15) is 0 Å². The second-order valence-corrected chi connectivity index (χ2v) is 7.07. The van der Waals surface area contributed by atoms with Crippen molar-refractivity contribution in [1.29, 1.82) is 0 Å². The van der Waals surface area contributed by atoms with Crippen molar-refractivity contribution in [1.82, 2.24) is 10.2 Å². The van der Waals surface area contributed by atoms with Crippen molar-refractivity contribution in [3.8, 4) is 0 Å². The number of benzene rings is 2. The van der Waals surface area contributed by atoms with Crippen molar-refractivity contribution in [2.24, 2.45) is 10.9 Å². The van der Waals surface area contributed by atoms with Crippen molar-refractivity contribution in [3.05, 3.63) is 48.0 Å². The minimum absolute atomic E-state index is 0.570. The average molecular weight is 370 g/mol. The van der Waals surface area contributed by atoms with E-state index in [2.05, 4.69) is 57.7 Å². The second-order valence-electron chi connectivity index (χ2n) is 7.07. The maximum Gasteiger partial charge on any atom is 0.193 e. The third-order valence-corrected chi connectivity index (χ3v) is 5.09. The van der Waals surface area contributed by atoms with Gasteiger partial charge in [-0.05, 0) is 29.2 Å². The van der Waals surface area contributed by atoms with Crippen LogP contribution in [0.4, 0.5) is 0 Å². The molecule has 2 aromatic rings. The Labute approximate surface area is 162 Å². The average Bonchev–Trinajstić information content (AvgIpc) is 3.17. The molecule has 5 heteroatoms. The Kier molecular flexibility index (Phi) is 7.48. The molecule has 1 aliphatic heterocycles. The van der Waals surface area contributed by atoms with Gasteiger partial charge in [-0.1, -0.05) is 42.5 Å². The molecule has 0 spiro atoms. The molecular weight excluding hydrogens is 338 g/mol. The summed E-state index contributed by atoms with van der Waals surface area (Å²) in [5.41, 5.74) is 1.35. The van der Waals surface area contributed by atoms with E-state index in [1.807, 2.05) is 7.05 Å². The molecule has 1 heterocycles. The molecule has 0 amide bonds. The van der Waals surface area contributed by atoms with E-state index in [0.29, 0.717) is 19.1 Å². The van der Waals surface area contributed by atoms with Crippen LogP contribution in [0.25, 0.3) is 10.8 Å². The SMILES string of the molecule is CN=C(NCCc1ccc2ccccc2c1)N1CCC(COCCOC)C1. The molecule has 0 bridgehead atoms. The summed E-state index contributed by atoms with van der Waals surface area (Å²) in [7, 11) is 3.56. The summed E-state index contributed by atoms with van der Waals surface area (Å²) in [6.45, 7) is 5.06. The van der Waals surface area contributed by atoms with Gasteiger partial charge in [0.25, 0.3) is 0 Å². The molecule has 3 rings (SSSR count). The van der Waals surface area contributed by atoms with Crippen molar-refractivity contribution < 1.29 is 9.47 Å². The molecule has 1 N–H and O–H groups in total. The lowest BCUT2D eigenvalue weighted by Crippen LogP contribution is -2.41. The van der Waals surface area contributed by atoms with Crippen molar-refractivity contribution in [2.45, 2.75) is 12.8 Å². The van der Waals surface area contributed by atoms with Gasteiger partial charge in [-0.2, -0.15) is 0 Å². The summed E-state index contributed by atoms with van der Waals surface area (Å²) < 4.78 is 10.7. The van der Waals surface area contributed by atoms with Gasteiger partial charge in [0.15, 0.2) is 5.96 Å². The van der Waals surface area contributed by atoms with Gasteiger partial charge in [0, 0.05) is 39.7 Å². The van der Waals surface area contributed by atoms with E-state index in [0.717, 1.165) is 45.0 Å². The van der Waals surface area contributed by atoms with Crippen LogP contribution in [0, 0.1) is 5.92 Å². The highest BCUT2D eigenvalue weighted by atomic mass is 16.5. The first-order chi connectivity index (χ1) is 13.3. The van der Waals surface area contributed by atoms with Gasteiger partial charge in [-0.3, -0.25) is 4.99 Å². The van der Waals surface area contributed by atoms with Gasteiger partial charge in [0.05, 0.1) is 19.8 Å². The molecule has 0 saturated carbocycles. The van der Waals surface area contributed by atoms with Gasteiger partial charge in [-0.25, -0.2) is 0 Å². The zero-order valence-electron chi connectivity index (χ0n) is 16.5. The highest BCUT2D eigenvalue weighted by molar-refractivity contribution is 5.83. The zero-order valence-corrected chi connectivity index (χ0v) is 16.5. The van der Waals surface area contributed by atoms with E-state index < -0.39 is 0 Å². The Morgan fingerprint density at radius 2 is 2.04 bits per heavy atom. The van der Waals surface area contributed by atoms with Crippen LogP contribution in [0.1, 0.15) is 12.0 Å². The number of nitrogens with one attached hydrogen (secondary N) is 1. The molecule has 0 aromatic heterocycles. The fourth-order valence-corrected chi connectivity index (χ4v) is 3.60. The molecule has 27 heavy (non-hydrogen) atoms. The van der Waals surface area contributed by atoms with Crippen LogP contribution >= 0.6 is 0 Å². The standard InChI is InChI=1S/C22H31N3O2/c1-23-22(25-12-10-19(16-25)17-27-14-13-26-2)24-11-9-18-7-8-20-5-3-4-6-21(20)15-18/h3-8,15,19H,9-14,16-17H2,1-2H3,(H,23,24). The van der Waals surface area contributed by atoms with E-state index in [4.69, 9.17) is 9.47 Å². The molecule has 0 aliphatic carbocycles. The maximum atomic E-state index is 5.68. The summed E-state index contributed by atoms with van der Waals surface area (Å²) in [6.07, 6.45) is 2.14. The van der Waals surface area contributed by atoms with E-state index in [1.54, 1.807) is 7.11 Å². The molecule has 0 radical (unpaired) electrons. The molecule has 5 nitrogen and oxygen atoms in total. The Morgan fingerprint density at radius 3 is 2.85 bits per heavy atom. The number of nitrogens with zero attached hydrogens (tertiary/aromatic N) is 2. The highest BCUT2D eigenvalue weighted by Gasteiger charge is 2.24. The molecule has 146 valence electrons.